The quantitative estimate of drug-likeness (QED) is 0.463. The number of pyridine rings is 1. The van der Waals surface area contributed by atoms with Crippen LogP contribution in [0.2, 0.25) is 0 Å². The van der Waals surface area contributed by atoms with Crippen LogP contribution in [0, 0.1) is 10.1 Å². The molecule has 0 atom stereocenters. The molecule has 0 N–H and O–H groups in total. The summed E-state index contributed by atoms with van der Waals surface area (Å²) >= 11 is 8.69. The van der Waals surface area contributed by atoms with Crippen molar-refractivity contribution in [1.82, 2.24) is 4.98 Å². The summed E-state index contributed by atoms with van der Waals surface area (Å²) in [6.07, 6.45) is 0.956. The first-order chi connectivity index (χ1) is 9.36. The highest BCUT2D eigenvalue weighted by molar-refractivity contribution is 9.10. The van der Waals surface area contributed by atoms with Crippen molar-refractivity contribution in [2.75, 3.05) is 11.6 Å². The minimum atomic E-state index is -3.86. The number of hydrogen-bond acceptors (Lipinski definition) is 5. The number of halogens is 2. The molecule has 0 fully saturated rings. The maximum Gasteiger partial charge on any atom is 0.306 e. The molecule has 20 heavy (non-hydrogen) atoms. The predicted octanol–water partition coefficient (Wildman–Crippen LogP) is 2.92. The van der Waals surface area contributed by atoms with E-state index in [0.29, 0.717) is 9.99 Å². The molecule has 0 aliphatic carbocycles. The number of nitrogens with zero attached hydrogens (tertiary/aromatic N) is 2. The molecule has 2 rings (SSSR count). The molecule has 0 amide bonds. The lowest BCUT2D eigenvalue weighted by Gasteiger charge is -2.07. The lowest BCUT2D eigenvalue weighted by Crippen LogP contribution is -2.11. The molecule has 1 heterocycles. The van der Waals surface area contributed by atoms with Crippen LogP contribution in [0.5, 0.6) is 0 Å². The summed E-state index contributed by atoms with van der Waals surface area (Å²) in [5.41, 5.74) is -0.173. The SMILES string of the molecule is O=[N+]([O-])c1cnc2ccc(Br)cc2c1S(=O)(=O)CCCl. The van der Waals surface area contributed by atoms with Crippen LogP contribution in [0.15, 0.2) is 33.8 Å². The number of benzene rings is 1. The predicted molar refractivity (Wildman–Crippen MR) is 78.9 cm³/mol. The van der Waals surface area contributed by atoms with Crippen molar-refractivity contribution in [3.05, 3.63) is 39.0 Å². The van der Waals surface area contributed by atoms with Crippen LogP contribution in [0.25, 0.3) is 10.9 Å². The third kappa shape index (κ3) is 2.77. The Labute approximate surface area is 128 Å². The Morgan fingerprint density at radius 2 is 2.10 bits per heavy atom. The smallest absolute Gasteiger partial charge is 0.258 e. The molecular weight excluding hydrogens is 372 g/mol. The monoisotopic (exact) mass is 378 g/mol. The molecule has 1 aromatic heterocycles. The van der Waals surface area contributed by atoms with Gasteiger partial charge < -0.3 is 0 Å². The van der Waals surface area contributed by atoms with Gasteiger partial charge in [0.2, 0.25) is 0 Å². The van der Waals surface area contributed by atoms with Crippen molar-refractivity contribution in [1.29, 1.82) is 0 Å². The van der Waals surface area contributed by atoms with Gasteiger partial charge in [-0.1, -0.05) is 15.9 Å². The Hall–Kier alpha value is -1.25. The van der Waals surface area contributed by atoms with Gasteiger partial charge in [0, 0.05) is 15.7 Å². The number of nitro groups is 1. The highest BCUT2D eigenvalue weighted by Gasteiger charge is 2.28. The van der Waals surface area contributed by atoms with E-state index in [9.17, 15) is 18.5 Å². The van der Waals surface area contributed by atoms with Crippen molar-refractivity contribution < 1.29 is 13.3 Å². The van der Waals surface area contributed by atoms with Gasteiger partial charge in [-0.25, -0.2) is 13.4 Å². The van der Waals surface area contributed by atoms with Gasteiger partial charge in [-0.3, -0.25) is 10.1 Å². The second kappa shape index (κ2) is 5.63. The average molecular weight is 380 g/mol. The molecule has 0 saturated carbocycles. The summed E-state index contributed by atoms with van der Waals surface area (Å²) in [4.78, 5) is 13.9. The van der Waals surface area contributed by atoms with Gasteiger partial charge in [-0.2, -0.15) is 0 Å². The van der Waals surface area contributed by atoms with Crippen LogP contribution < -0.4 is 0 Å². The number of fused-ring (bicyclic) bond motifs is 1. The normalized spacial score (nSPS) is 11.7. The van der Waals surface area contributed by atoms with Crippen molar-refractivity contribution in [2.45, 2.75) is 4.90 Å². The van der Waals surface area contributed by atoms with Crippen molar-refractivity contribution >= 4 is 54.0 Å². The minimum Gasteiger partial charge on any atom is -0.258 e. The third-order valence-electron chi connectivity index (χ3n) is 2.62. The van der Waals surface area contributed by atoms with Crippen LogP contribution in [-0.4, -0.2) is 30.0 Å². The van der Waals surface area contributed by atoms with Gasteiger partial charge in [0.25, 0.3) is 0 Å². The van der Waals surface area contributed by atoms with E-state index in [-0.39, 0.29) is 21.9 Å². The van der Waals surface area contributed by atoms with E-state index in [4.69, 9.17) is 11.6 Å². The van der Waals surface area contributed by atoms with Gasteiger partial charge in [0.05, 0.1) is 16.2 Å². The lowest BCUT2D eigenvalue weighted by molar-refractivity contribution is -0.387. The Morgan fingerprint density at radius 3 is 2.70 bits per heavy atom. The molecule has 106 valence electrons. The highest BCUT2D eigenvalue weighted by atomic mass is 79.9. The highest BCUT2D eigenvalue weighted by Crippen LogP contribution is 2.32. The first-order valence-electron chi connectivity index (χ1n) is 5.38. The van der Waals surface area contributed by atoms with Crippen LogP contribution in [0.3, 0.4) is 0 Å². The van der Waals surface area contributed by atoms with Crippen LogP contribution >= 0.6 is 27.5 Å². The van der Waals surface area contributed by atoms with Crippen molar-refractivity contribution in [3.63, 3.8) is 0 Å². The molecule has 2 aromatic rings. The molecule has 0 saturated heterocycles. The molecule has 0 aliphatic heterocycles. The largest absolute Gasteiger partial charge is 0.306 e. The summed E-state index contributed by atoms with van der Waals surface area (Å²) < 4.78 is 25.1. The zero-order chi connectivity index (χ0) is 14.9. The zero-order valence-corrected chi connectivity index (χ0v) is 13.1. The Kier molecular flexibility index (Phi) is 4.26. The molecule has 0 bridgehead atoms. The van der Waals surface area contributed by atoms with Crippen LogP contribution in [0.1, 0.15) is 0 Å². The third-order valence-corrected chi connectivity index (χ3v) is 5.31. The standard InChI is InChI=1S/C11H8BrClN2O4S/c12-7-1-2-9-8(5-7)11(20(18,19)4-3-13)10(6-14-9)15(16)17/h1-2,5-6H,3-4H2. The molecule has 9 heteroatoms. The molecular formula is C11H8BrClN2O4S. The van der Waals surface area contributed by atoms with E-state index in [1.165, 1.54) is 6.07 Å². The molecule has 1 aromatic carbocycles. The fourth-order valence-corrected chi connectivity index (χ4v) is 4.11. The Balaban J connectivity index is 2.92. The fraction of sp³-hybridized carbons (Fsp3) is 0.182. The maximum absolute atomic E-state index is 12.3. The summed E-state index contributed by atoms with van der Waals surface area (Å²) in [6.45, 7) is 0. The molecule has 0 unspecified atom stereocenters. The van der Waals surface area contributed by atoms with Crippen molar-refractivity contribution in [3.8, 4) is 0 Å². The Bertz CT molecular complexity index is 794. The second-order valence-electron chi connectivity index (χ2n) is 3.90. The first kappa shape index (κ1) is 15.1. The van der Waals surface area contributed by atoms with E-state index in [2.05, 4.69) is 20.9 Å². The second-order valence-corrected chi connectivity index (χ2v) is 7.24. The van der Waals surface area contributed by atoms with Gasteiger partial charge in [0.1, 0.15) is 6.20 Å². The van der Waals surface area contributed by atoms with E-state index < -0.39 is 20.4 Å². The number of hydrogen-bond donors (Lipinski definition) is 0. The van der Waals surface area contributed by atoms with Gasteiger partial charge in [0.15, 0.2) is 14.7 Å². The van der Waals surface area contributed by atoms with E-state index in [1.54, 1.807) is 12.1 Å². The molecule has 0 aliphatic rings. The van der Waals surface area contributed by atoms with Gasteiger partial charge in [-0.15, -0.1) is 11.6 Å². The van der Waals surface area contributed by atoms with Crippen LogP contribution in [0.4, 0.5) is 5.69 Å². The summed E-state index contributed by atoms with van der Waals surface area (Å²) in [6, 6.07) is 4.76. The van der Waals surface area contributed by atoms with Crippen molar-refractivity contribution in [2.24, 2.45) is 0 Å². The molecule has 0 radical (unpaired) electrons. The number of alkyl halides is 1. The topological polar surface area (TPSA) is 90.2 Å². The Morgan fingerprint density at radius 1 is 1.40 bits per heavy atom. The molecule has 6 nitrogen and oxygen atoms in total. The van der Waals surface area contributed by atoms with E-state index >= 15 is 0 Å². The maximum atomic E-state index is 12.3. The lowest BCUT2D eigenvalue weighted by atomic mass is 10.2. The fourth-order valence-electron chi connectivity index (χ4n) is 1.79. The minimum absolute atomic E-state index is 0.142. The first-order valence-corrected chi connectivity index (χ1v) is 8.36. The van der Waals surface area contributed by atoms with Crippen LogP contribution in [-0.2, 0) is 9.84 Å². The van der Waals surface area contributed by atoms with Gasteiger partial charge >= 0.3 is 5.69 Å². The summed E-state index contributed by atoms with van der Waals surface area (Å²) in [7, 11) is -3.86. The zero-order valence-electron chi connectivity index (χ0n) is 9.92. The van der Waals surface area contributed by atoms with E-state index in [1.807, 2.05) is 0 Å². The average Bonchev–Trinajstić information content (AvgIpc) is 2.36. The number of sulfone groups is 1. The van der Waals surface area contributed by atoms with E-state index in [0.717, 1.165) is 6.20 Å². The summed E-state index contributed by atoms with van der Waals surface area (Å²) in [5, 5.41) is 11.3. The summed E-state index contributed by atoms with van der Waals surface area (Å²) in [5.74, 6) is -0.516. The number of aromatic nitrogens is 1. The molecule has 0 spiro atoms. The number of rotatable bonds is 4. The van der Waals surface area contributed by atoms with Gasteiger partial charge in [-0.05, 0) is 18.2 Å².